The summed E-state index contributed by atoms with van der Waals surface area (Å²) in [7, 11) is 0. The van der Waals surface area contributed by atoms with E-state index in [0.717, 1.165) is 0 Å². The summed E-state index contributed by atoms with van der Waals surface area (Å²) in [4.78, 5) is 20.8. The topological polar surface area (TPSA) is 89.4 Å². The van der Waals surface area contributed by atoms with Crippen molar-refractivity contribution in [2.75, 3.05) is 0 Å². The number of aromatic amines is 1. The molecule has 0 bridgehead atoms. The molecular formula is C17H13FN6O. The van der Waals surface area contributed by atoms with Gasteiger partial charge in [0, 0.05) is 5.56 Å². The number of benzene rings is 2. The lowest BCUT2D eigenvalue weighted by Gasteiger charge is -2.09. The number of hydrogen-bond acceptors (Lipinski definition) is 5. The number of para-hydroxylation sites is 1. The molecule has 0 spiro atoms. The maximum absolute atomic E-state index is 13.3. The highest BCUT2D eigenvalue weighted by molar-refractivity contribution is 5.77. The third kappa shape index (κ3) is 2.78. The lowest BCUT2D eigenvalue weighted by Crippen LogP contribution is -2.19. The van der Waals surface area contributed by atoms with E-state index < -0.39 is 6.04 Å². The summed E-state index contributed by atoms with van der Waals surface area (Å²) in [5.41, 5.74) is 0.898. The van der Waals surface area contributed by atoms with E-state index in [-0.39, 0.29) is 11.4 Å². The van der Waals surface area contributed by atoms with E-state index >= 15 is 0 Å². The van der Waals surface area contributed by atoms with E-state index in [1.807, 2.05) is 6.07 Å². The smallest absolute Gasteiger partial charge is 0.258 e. The second-order valence-corrected chi connectivity index (χ2v) is 5.59. The molecule has 4 rings (SSSR count). The van der Waals surface area contributed by atoms with Crippen LogP contribution in [0.1, 0.15) is 18.8 Å². The molecule has 0 radical (unpaired) electrons. The summed E-state index contributed by atoms with van der Waals surface area (Å²) < 4.78 is 13.3. The van der Waals surface area contributed by atoms with Crippen LogP contribution in [0.5, 0.6) is 0 Å². The van der Waals surface area contributed by atoms with E-state index in [2.05, 4.69) is 25.4 Å². The van der Waals surface area contributed by atoms with Crippen LogP contribution in [0.4, 0.5) is 4.39 Å². The van der Waals surface area contributed by atoms with Crippen molar-refractivity contribution in [2.24, 2.45) is 0 Å². The van der Waals surface area contributed by atoms with Crippen LogP contribution in [0.3, 0.4) is 0 Å². The molecule has 8 heteroatoms. The van der Waals surface area contributed by atoms with Crippen molar-refractivity contribution in [2.45, 2.75) is 13.0 Å². The number of H-pyrrole nitrogens is 1. The molecule has 4 aromatic rings. The van der Waals surface area contributed by atoms with Gasteiger partial charge in [0.15, 0.2) is 0 Å². The van der Waals surface area contributed by atoms with Crippen LogP contribution in [0.2, 0.25) is 0 Å². The minimum atomic E-state index is -0.438. The highest BCUT2D eigenvalue weighted by atomic mass is 19.1. The van der Waals surface area contributed by atoms with Gasteiger partial charge in [-0.1, -0.05) is 24.3 Å². The van der Waals surface area contributed by atoms with Crippen molar-refractivity contribution in [1.82, 2.24) is 30.2 Å². The van der Waals surface area contributed by atoms with Crippen molar-refractivity contribution in [3.8, 4) is 11.4 Å². The fourth-order valence-electron chi connectivity index (χ4n) is 2.54. The van der Waals surface area contributed by atoms with Crippen LogP contribution in [-0.2, 0) is 0 Å². The van der Waals surface area contributed by atoms with Crippen LogP contribution >= 0.6 is 0 Å². The Morgan fingerprint density at radius 2 is 2.00 bits per heavy atom. The molecule has 7 nitrogen and oxygen atoms in total. The Balaban J connectivity index is 1.72. The summed E-state index contributed by atoms with van der Waals surface area (Å²) in [5.74, 6) is 0.351. The minimum absolute atomic E-state index is 0.224. The van der Waals surface area contributed by atoms with Gasteiger partial charge in [0.2, 0.25) is 5.82 Å². The van der Waals surface area contributed by atoms with Gasteiger partial charge < -0.3 is 4.98 Å². The maximum Gasteiger partial charge on any atom is 0.258 e. The van der Waals surface area contributed by atoms with Crippen molar-refractivity contribution < 1.29 is 4.39 Å². The van der Waals surface area contributed by atoms with E-state index in [1.54, 1.807) is 37.3 Å². The quantitative estimate of drug-likeness (QED) is 0.620. The molecule has 1 atom stereocenters. The number of nitrogens with zero attached hydrogens (tertiary/aromatic N) is 5. The fraction of sp³-hybridized carbons (Fsp3) is 0.118. The Labute approximate surface area is 141 Å². The molecule has 0 aliphatic rings. The van der Waals surface area contributed by atoms with Crippen molar-refractivity contribution in [3.05, 3.63) is 70.5 Å². The molecule has 0 unspecified atom stereocenters. The molecule has 0 fully saturated rings. The lowest BCUT2D eigenvalue weighted by atomic mass is 10.2. The van der Waals surface area contributed by atoms with E-state index in [0.29, 0.717) is 28.1 Å². The average Bonchev–Trinajstić information content (AvgIpc) is 3.11. The van der Waals surface area contributed by atoms with E-state index in [1.165, 1.54) is 16.9 Å². The van der Waals surface area contributed by atoms with Gasteiger partial charge in [0.05, 0.1) is 10.9 Å². The van der Waals surface area contributed by atoms with Gasteiger partial charge in [-0.15, -0.1) is 10.2 Å². The zero-order chi connectivity index (χ0) is 17.4. The zero-order valence-corrected chi connectivity index (χ0v) is 13.2. The number of hydrogen-bond donors (Lipinski definition) is 1. The molecule has 2 aromatic heterocycles. The fourth-order valence-corrected chi connectivity index (χ4v) is 2.54. The molecule has 0 saturated heterocycles. The second kappa shape index (κ2) is 5.90. The zero-order valence-electron chi connectivity index (χ0n) is 13.2. The summed E-state index contributed by atoms with van der Waals surface area (Å²) in [6, 6.07) is 12.6. The van der Waals surface area contributed by atoms with Crippen molar-refractivity contribution in [3.63, 3.8) is 0 Å². The molecule has 2 heterocycles. The first-order chi connectivity index (χ1) is 12.1. The van der Waals surface area contributed by atoms with Gasteiger partial charge in [0.1, 0.15) is 17.7 Å². The number of aromatic nitrogens is 6. The Morgan fingerprint density at radius 3 is 2.84 bits per heavy atom. The Bertz CT molecular complexity index is 1120. The van der Waals surface area contributed by atoms with Gasteiger partial charge in [-0.25, -0.2) is 9.37 Å². The third-order valence-electron chi connectivity index (χ3n) is 3.88. The monoisotopic (exact) mass is 336 g/mol. The normalized spacial score (nSPS) is 12.4. The largest absolute Gasteiger partial charge is 0.308 e. The van der Waals surface area contributed by atoms with Crippen LogP contribution < -0.4 is 5.56 Å². The number of tetrazole rings is 1. The van der Waals surface area contributed by atoms with Gasteiger partial charge >= 0.3 is 0 Å². The predicted molar refractivity (Wildman–Crippen MR) is 89.4 cm³/mol. The van der Waals surface area contributed by atoms with Gasteiger partial charge in [-0.05, 0) is 36.4 Å². The third-order valence-corrected chi connectivity index (χ3v) is 3.88. The predicted octanol–water partition coefficient (Wildman–Crippen LogP) is 2.33. The first kappa shape index (κ1) is 15.1. The summed E-state index contributed by atoms with van der Waals surface area (Å²) in [6.07, 6.45) is 0. The summed E-state index contributed by atoms with van der Waals surface area (Å²) in [6.45, 7) is 1.80. The first-order valence-electron chi connectivity index (χ1n) is 7.66. The summed E-state index contributed by atoms with van der Waals surface area (Å²) in [5, 5.41) is 12.7. The highest BCUT2D eigenvalue weighted by Gasteiger charge is 2.16. The van der Waals surface area contributed by atoms with Gasteiger partial charge in [-0.2, -0.15) is 4.80 Å². The molecule has 124 valence electrons. The molecule has 1 N–H and O–H groups in total. The van der Waals surface area contributed by atoms with Gasteiger partial charge in [0.25, 0.3) is 5.56 Å². The highest BCUT2D eigenvalue weighted by Crippen LogP contribution is 2.17. The first-order valence-corrected chi connectivity index (χ1v) is 7.66. The van der Waals surface area contributed by atoms with E-state index in [9.17, 15) is 9.18 Å². The van der Waals surface area contributed by atoms with E-state index in [4.69, 9.17) is 0 Å². The van der Waals surface area contributed by atoms with Crippen LogP contribution in [0, 0.1) is 5.82 Å². The maximum atomic E-state index is 13.3. The average molecular weight is 336 g/mol. The molecule has 0 aliphatic heterocycles. The Kier molecular flexibility index (Phi) is 3.57. The molecule has 0 saturated carbocycles. The Morgan fingerprint density at radius 1 is 1.16 bits per heavy atom. The molecule has 25 heavy (non-hydrogen) atoms. The number of fused-ring (bicyclic) bond motifs is 1. The number of halogens is 1. The SMILES string of the molecule is C[C@H](c1nc2ccccc2c(=O)[nH]1)n1nnc(-c2cccc(F)c2)n1. The standard InChI is InChI=1S/C17H13FN6O/c1-10(15-19-14-8-3-2-7-13(14)17(25)20-15)24-22-16(21-23-24)11-5-4-6-12(18)9-11/h2-10H,1H3,(H,19,20,25)/t10-/m1/s1. The minimum Gasteiger partial charge on any atom is -0.308 e. The molecule has 0 aliphatic carbocycles. The van der Waals surface area contributed by atoms with Gasteiger partial charge in [-0.3, -0.25) is 4.79 Å². The number of nitrogens with one attached hydrogen (secondary N) is 1. The van der Waals surface area contributed by atoms with Crippen molar-refractivity contribution in [1.29, 1.82) is 0 Å². The molecule has 0 amide bonds. The second-order valence-electron chi connectivity index (χ2n) is 5.59. The lowest BCUT2D eigenvalue weighted by molar-refractivity contribution is 0.462. The van der Waals surface area contributed by atoms with Crippen LogP contribution in [-0.4, -0.2) is 30.2 Å². The van der Waals surface area contributed by atoms with Crippen molar-refractivity contribution >= 4 is 10.9 Å². The van der Waals surface area contributed by atoms with Crippen LogP contribution in [0.15, 0.2) is 53.3 Å². The molecule has 2 aromatic carbocycles. The molecular weight excluding hydrogens is 323 g/mol. The summed E-state index contributed by atoms with van der Waals surface area (Å²) >= 11 is 0. The Hall–Kier alpha value is -3.42. The number of rotatable bonds is 3. The van der Waals surface area contributed by atoms with Crippen LogP contribution in [0.25, 0.3) is 22.3 Å².